The number of anilines is 1. The number of morpholine rings is 1. The van der Waals surface area contributed by atoms with Crippen LogP contribution in [0.2, 0.25) is 0 Å². The van der Waals surface area contributed by atoms with Crippen LogP contribution in [0.4, 0.5) is 10.1 Å². The van der Waals surface area contributed by atoms with Crippen molar-refractivity contribution in [1.29, 1.82) is 0 Å². The minimum absolute atomic E-state index is 0.0703. The van der Waals surface area contributed by atoms with Gasteiger partial charge in [0, 0.05) is 12.2 Å². The van der Waals surface area contributed by atoms with Crippen molar-refractivity contribution in [3.05, 3.63) is 24.0 Å². The summed E-state index contributed by atoms with van der Waals surface area (Å²) in [6, 6.07) is 3.52. The topological polar surface area (TPSA) is 72.6 Å². The molecule has 1 aromatic carbocycles. The van der Waals surface area contributed by atoms with E-state index in [2.05, 4.69) is 0 Å². The molecule has 21 heavy (non-hydrogen) atoms. The van der Waals surface area contributed by atoms with Crippen molar-refractivity contribution >= 4 is 15.7 Å². The van der Waals surface area contributed by atoms with Crippen LogP contribution in [-0.4, -0.2) is 38.0 Å². The molecule has 1 heterocycles. The van der Waals surface area contributed by atoms with Gasteiger partial charge in [0.05, 0.1) is 18.8 Å². The van der Waals surface area contributed by atoms with Crippen molar-refractivity contribution in [3.8, 4) is 0 Å². The lowest BCUT2D eigenvalue weighted by Crippen LogP contribution is -2.54. The Kier molecular flexibility index (Phi) is 3.90. The van der Waals surface area contributed by atoms with Crippen molar-refractivity contribution in [2.45, 2.75) is 42.7 Å². The van der Waals surface area contributed by atoms with Gasteiger partial charge in [-0.05, 0) is 31.0 Å². The summed E-state index contributed by atoms with van der Waals surface area (Å²) in [7, 11) is -3.86. The maximum absolute atomic E-state index is 14.0. The summed E-state index contributed by atoms with van der Waals surface area (Å²) in [5.41, 5.74) is 5.70. The van der Waals surface area contributed by atoms with Crippen LogP contribution in [-0.2, 0) is 14.8 Å². The fraction of sp³-hybridized carbons (Fsp3) is 0.571. The molecule has 7 heteroatoms. The lowest BCUT2D eigenvalue weighted by atomic mass is 9.91. The molecule has 2 atom stereocenters. The van der Waals surface area contributed by atoms with E-state index >= 15 is 0 Å². The number of hydrogen-bond donors (Lipinski definition) is 1. The second-order valence-electron chi connectivity index (χ2n) is 5.57. The molecule has 0 spiro atoms. The van der Waals surface area contributed by atoms with Gasteiger partial charge in [-0.1, -0.05) is 12.8 Å². The quantitative estimate of drug-likeness (QED) is 0.844. The van der Waals surface area contributed by atoms with Gasteiger partial charge in [0.2, 0.25) is 10.0 Å². The minimum Gasteiger partial charge on any atom is -0.399 e. The van der Waals surface area contributed by atoms with E-state index in [9.17, 15) is 12.8 Å². The summed E-state index contributed by atoms with van der Waals surface area (Å²) in [6.07, 6.45) is 3.58. The lowest BCUT2D eigenvalue weighted by molar-refractivity contribution is -0.0586. The van der Waals surface area contributed by atoms with Crippen LogP contribution in [0, 0.1) is 5.82 Å². The van der Waals surface area contributed by atoms with E-state index in [0.717, 1.165) is 31.7 Å². The molecule has 0 radical (unpaired) electrons. The second kappa shape index (κ2) is 5.55. The van der Waals surface area contributed by atoms with Crippen LogP contribution < -0.4 is 5.73 Å². The zero-order chi connectivity index (χ0) is 15.0. The first-order chi connectivity index (χ1) is 10.00. The number of fused-ring (bicyclic) bond motifs is 1. The van der Waals surface area contributed by atoms with E-state index in [1.165, 1.54) is 16.4 Å². The number of sulfonamides is 1. The summed E-state index contributed by atoms with van der Waals surface area (Å²) in [5.74, 6) is -0.797. The van der Waals surface area contributed by atoms with Crippen LogP contribution in [0.3, 0.4) is 0 Å². The highest BCUT2D eigenvalue weighted by Crippen LogP contribution is 2.33. The lowest BCUT2D eigenvalue weighted by Gasteiger charge is -2.42. The first-order valence-corrected chi connectivity index (χ1v) is 8.62. The molecule has 1 saturated heterocycles. The number of nitrogens with two attached hydrogens (primary N) is 1. The van der Waals surface area contributed by atoms with Gasteiger partial charge in [-0.3, -0.25) is 0 Å². The Balaban J connectivity index is 1.96. The smallest absolute Gasteiger partial charge is 0.246 e. The number of ether oxygens (including phenoxy) is 1. The van der Waals surface area contributed by atoms with Gasteiger partial charge in [0.15, 0.2) is 0 Å². The van der Waals surface area contributed by atoms with Crippen LogP contribution in [0.15, 0.2) is 23.1 Å². The zero-order valence-electron chi connectivity index (χ0n) is 11.7. The monoisotopic (exact) mass is 314 g/mol. The Hall–Kier alpha value is -1.18. The first kappa shape index (κ1) is 14.7. The molecule has 2 fully saturated rings. The molecule has 1 aromatic rings. The molecule has 5 nitrogen and oxygen atoms in total. The van der Waals surface area contributed by atoms with Gasteiger partial charge in [-0.2, -0.15) is 4.31 Å². The largest absolute Gasteiger partial charge is 0.399 e. The van der Waals surface area contributed by atoms with Crippen molar-refractivity contribution in [2.75, 3.05) is 18.9 Å². The highest BCUT2D eigenvalue weighted by molar-refractivity contribution is 7.89. The summed E-state index contributed by atoms with van der Waals surface area (Å²) >= 11 is 0. The second-order valence-corrected chi connectivity index (χ2v) is 7.43. The van der Waals surface area contributed by atoms with Gasteiger partial charge >= 0.3 is 0 Å². The van der Waals surface area contributed by atoms with Crippen LogP contribution in [0.1, 0.15) is 25.7 Å². The van der Waals surface area contributed by atoms with Gasteiger partial charge in [0.1, 0.15) is 10.7 Å². The van der Waals surface area contributed by atoms with Crippen LogP contribution >= 0.6 is 0 Å². The maximum Gasteiger partial charge on any atom is 0.246 e. The highest BCUT2D eigenvalue weighted by atomic mass is 32.2. The molecule has 0 aromatic heterocycles. The number of halogens is 1. The van der Waals surface area contributed by atoms with Crippen molar-refractivity contribution in [1.82, 2.24) is 4.31 Å². The van der Waals surface area contributed by atoms with Crippen molar-refractivity contribution < 1.29 is 17.5 Å². The molecule has 1 saturated carbocycles. The van der Waals surface area contributed by atoms with Crippen LogP contribution in [0.5, 0.6) is 0 Å². The Bertz CT molecular complexity index is 633. The Morgan fingerprint density at radius 2 is 2.05 bits per heavy atom. The third-order valence-electron chi connectivity index (χ3n) is 4.22. The first-order valence-electron chi connectivity index (χ1n) is 7.18. The normalized spacial score (nSPS) is 27.3. The third kappa shape index (κ3) is 2.65. The molecular formula is C14H19FN2O3S. The molecular weight excluding hydrogens is 295 g/mol. The Morgan fingerprint density at radius 3 is 2.81 bits per heavy atom. The van der Waals surface area contributed by atoms with Crippen molar-refractivity contribution in [2.24, 2.45) is 0 Å². The molecule has 2 N–H and O–H groups in total. The fourth-order valence-electron chi connectivity index (χ4n) is 3.21. The number of hydrogen-bond acceptors (Lipinski definition) is 4. The van der Waals surface area contributed by atoms with E-state index in [0.29, 0.717) is 6.61 Å². The average molecular weight is 314 g/mol. The van der Waals surface area contributed by atoms with Crippen molar-refractivity contribution in [3.63, 3.8) is 0 Å². The average Bonchev–Trinajstić information content (AvgIpc) is 2.46. The summed E-state index contributed by atoms with van der Waals surface area (Å²) in [6.45, 7) is 0.629. The molecule has 116 valence electrons. The Morgan fingerprint density at radius 1 is 1.29 bits per heavy atom. The molecule has 1 aliphatic carbocycles. The molecule has 0 bridgehead atoms. The molecule has 1 aliphatic heterocycles. The SMILES string of the molecule is Nc1ccc(S(=O)(=O)N2CCOC3CCCCC32)c(F)c1. The predicted molar refractivity (Wildman–Crippen MR) is 76.7 cm³/mol. The summed E-state index contributed by atoms with van der Waals surface area (Å²) < 4.78 is 46.6. The fourth-order valence-corrected chi connectivity index (χ4v) is 4.92. The van der Waals surface area contributed by atoms with E-state index in [1.807, 2.05) is 0 Å². The standard InChI is InChI=1S/C14H19FN2O3S/c15-11-9-10(16)5-6-14(11)21(18,19)17-7-8-20-13-4-2-1-3-12(13)17/h5-6,9,12-13H,1-4,7-8,16H2. The molecule has 2 aliphatic rings. The van der Waals surface area contributed by atoms with Crippen LogP contribution in [0.25, 0.3) is 0 Å². The molecule has 3 rings (SSSR count). The van der Waals surface area contributed by atoms with E-state index < -0.39 is 15.8 Å². The summed E-state index contributed by atoms with van der Waals surface area (Å²) in [4.78, 5) is -0.303. The van der Waals surface area contributed by atoms with Gasteiger partial charge < -0.3 is 10.5 Å². The number of benzene rings is 1. The van der Waals surface area contributed by atoms with Gasteiger partial charge in [-0.25, -0.2) is 12.8 Å². The van der Waals surface area contributed by atoms with E-state index in [1.54, 1.807) is 0 Å². The Labute approximate surface area is 123 Å². The molecule has 2 unspecified atom stereocenters. The minimum atomic E-state index is -3.86. The summed E-state index contributed by atoms with van der Waals surface area (Å²) in [5, 5.41) is 0. The van der Waals surface area contributed by atoms with E-state index in [4.69, 9.17) is 10.5 Å². The maximum atomic E-state index is 14.0. The molecule has 0 amide bonds. The van der Waals surface area contributed by atoms with E-state index in [-0.39, 0.29) is 29.3 Å². The third-order valence-corrected chi connectivity index (χ3v) is 6.18. The number of nitrogens with zero attached hydrogens (tertiary/aromatic N) is 1. The highest BCUT2D eigenvalue weighted by Gasteiger charge is 2.41. The zero-order valence-corrected chi connectivity index (χ0v) is 12.5. The number of rotatable bonds is 2. The predicted octanol–water partition coefficient (Wildman–Crippen LogP) is 1.74. The number of nitrogen functional groups attached to an aromatic ring is 1. The van der Waals surface area contributed by atoms with Gasteiger partial charge in [-0.15, -0.1) is 0 Å². The van der Waals surface area contributed by atoms with Gasteiger partial charge in [0.25, 0.3) is 0 Å².